The molecule has 1 aromatic heterocycles. The van der Waals surface area contributed by atoms with Crippen LogP contribution < -0.4 is 0 Å². The SMILES string of the molecule is Cc1ccc2nc(C3CCN(C(=O)C45CC6CC(CC(C6)C4)C5)CC3)[nH]c2c1. The zero-order valence-electron chi connectivity index (χ0n) is 16.9. The van der Waals surface area contributed by atoms with Gasteiger partial charge in [0.15, 0.2) is 0 Å². The van der Waals surface area contributed by atoms with Gasteiger partial charge in [-0.2, -0.15) is 0 Å². The number of nitrogens with zero attached hydrogens (tertiary/aromatic N) is 2. The number of fused-ring (bicyclic) bond motifs is 1. The van der Waals surface area contributed by atoms with Crippen molar-refractivity contribution in [1.29, 1.82) is 0 Å². The molecule has 1 saturated heterocycles. The monoisotopic (exact) mass is 377 g/mol. The zero-order valence-corrected chi connectivity index (χ0v) is 16.9. The van der Waals surface area contributed by atoms with Gasteiger partial charge in [-0.05, 0) is 93.7 Å². The minimum Gasteiger partial charge on any atom is -0.342 e. The van der Waals surface area contributed by atoms with Gasteiger partial charge in [-0.25, -0.2) is 4.98 Å². The van der Waals surface area contributed by atoms with E-state index in [9.17, 15) is 4.79 Å². The fraction of sp³-hybridized carbons (Fsp3) is 0.667. The summed E-state index contributed by atoms with van der Waals surface area (Å²) < 4.78 is 0. The number of aromatic amines is 1. The van der Waals surface area contributed by atoms with Gasteiger partial charge in [0.1, 0.15) is 5.82 Å². The van der Waals surface area contributed by atoms with E-state index in [1.165, 1.54) is 44.1 Å². The molecule has 1 amide bonds. The first-order valence-corrected chi connectivity index (χ1v) is 11.3. The molecule has 4 aliphatic carbocycles. The van der Waals surface area contributed by atoms with E-state index in [1.54, 1.807) is 0 Å². The summed E-state index contributed by atoms with van der Waals surface area (Å²) in [4.78, 5) is 24.2. The average molecular weight is 378 g/mol. The molecule has 2 aromatic rings. The van der Waals surface area contributed by atoms with Crippen LogP contribution in [0, 0.1) is 30.1 Å². The van der Waals surface area contributed by atoms with Gasteiger partial charge >= 0.3 is 0 Å². The van der Waals surface area contributed by atoms with Crippen molar-refractivity contribution in [1.82, 2.24) is 14.9 Å². The number of rotatable bonds is 2. The van der Waals surface area contributed by atoms with Crippen LogP contribution in [0.4, 0.5) is 0 Å². The van der Waals surface area contributed by atoms with Crippen LogP contribution in [0.5, 0.6) is 0 Å². The van der Waals surface area contributed by atoms with Gasteiger partial charge < -0.3 is 9.88 Å². The molecule has 7 rings (SSSR count). The molecule has 0 radical (unpaired) electrons. The second kappa shape index (κ2) is 6.08. The summed E-state index contributed by atoms with van der Waals surface area (Å²) in [6, 6.07) is 6.41. The van der Waals surface area contributed by atoms with Crippen molar-refractivity contribution in [2.45, 2.75) is 64.2 Å². The molecule has 2 heterocycles. The van der Waals surface area contributed by atoms with Gasteiger partial charge in [-0.3, -0.25) is 4.79 Å². The van der Waals surface area contributed by atoms with Crippen LogP contribution in [0.2, 0.25) is 0 Å². The molecule has 5 fully saturated rings. The van der Waals surface area contributed by atoms with Crippen LogP contribution in [-0.2, 0) is 4.79 Å². The van der Waals surface area contributed by atoms with E-state index in [0.29, 0.717) is 11.8 Å². The summed E-state index contributed by atoms with van der Waals surface area (Å²) in [6.07, 6.45) is 9.83. The third kappa shape index (κ3) is 2.63. The number of aromatic nitrogens is 2. The largest absolute Gasteiger partial charge is 0.342 e. The highest BCUT2D eigenvalue weighted by Gasteiger charge is 2.55. The van der Waals surface area contributed by atoms with Crippen molar-refractivity contribution in [3.63, 3.8) is 0 Å². The number of hydrogen-bond donors (Lipinski definition) is 1. The van der Waals surface area contributed by atoms with Crippen LogP contribution in [0.1, 0.15) is 68.7 Å². The predicted molar refractivity (Wildman–Crippen MR) is 110 cm³/mol. The van der Waals surface area contributed by atoms with Crippen molar-refractivity contribution < 1.29 is 4.79 Å². The highest BCUT2D eigenvalue weighted by molar-refractivity contribution is 5.83. The molecule has 0 spiro atoms. The molecule has 1 aliphatic heterocycles. The molecule has 0 unspecified atom stereocenters. The van der Waals surface area contributed by atoms with E-state index >= 15 is 0 Å². The number of aryl methyl sites for hydroxylation is 1. The first-order chi connectivity index (χ1) is 13.6. The molecule has 28 heavy (non-hydrogen) atoms. The number of nitrogens with one attached hydrogen (secondary N) is 1. The molecule has 4 bridgehead atoms. The molecule has 1 N–H and O–H groups in total. The lowest BCUT2D eigenvalue weighted by Crippen LogP contribution is -2.55. The van der Waals surface area contributed by atoms with Crippen LogP contribution in [-0.4, -0.2) is 33.9 Å². The Labute approximate surface area is 167 Å². The Balaban J connectivity index is 1.16. The van der Waals surface area contributed by atoms with E-state index in [-0.39, 0.29) is 5.41 Å². The highest BCUT2D eigenvalue weighted by atomic mass is 16.2. The molecule has 0 atom stereocenters. The molecule has 4 saturated carbocycles. The Kier molecular flexibility index (Phi) is 3.70. The molecule has 5 aliphatic rings. The summed E-state index contributed by atoms with van der Waals surface area (Å²) in [5.74, 6) is 4.59. The lowest BCUT2D eigenvalue weighted by Gasteiger charge is -2.57. The van der Waals surface area contributed by atoms with Crippen LogP contribution in [0.25, 0.3) is 11.0 Å². The summed E-state index contributed by atoms with van der Waals surface area (Å²) >= 11 is 0. The van der Waals surface area contributed by atoms with E-state index in [0.717, 1.165) is 60.5 Å². The number of amides is 1. The maximum Gasteiger partial charge on any atom is 0.228 e. The van der Waals surface area contributed by atoms with Crippen molar-refractivity contribution in [2.24, 2.45) is 23.2 Å². The molecule has 4 heteroatoms. The maximum absolute atomic E-state index is 13.6. The van der Waals surface area contributed by atoms with E-state index in [4.69, 9.17) is 4.98 Å². The number of imidazole rings is 1. The Morgan fingerprint density at radius 2 is 1.71 bits per heavy atom. The fourth-order valence-corrected chi connectivity index (χ4v) is 7.40. The van der Waals surface area contributed by atoms with Gasteiger partial charge in [-0.15, -0.1) is 0 Å². The van der Waals surface area contributed by atoms with Gasteiger partial charge in [0, 0.05) is 19.0 Å². The molecule has 4 nitrogen and oxygen atoms in total. The molecular weight excluding hydrogens is 346 g/mol. The average Bonchev–Trinajstić information content (AvgIpc) is 3.09. The summed E-state index contributed by atoms with van der Waals surface area (Å²) in [5, 5.41) is 0. The normalized spacial score (nSPS) is 35.0. The molecule has 148 valence electrons. The summed E-state index contributed by atoms with van der Waals surface area (Å²) in [7, 11) is 0. The third-order valence-corrected chi connectivity index (χ3v) is 8.32. The second-order valence-electron chi connectivity index (χ2n) is 10.4. The Bertz CT molecular complexity index is 886. The first-order valence-electron chi connectivity index (χ1n) is 11.3. The fourth-order valence-electron chi connectivity index (χ4n) is 7.40. The smallest absolute Gasteiger partial charge is 0.228 e. The quantitative estimate of drug-likeness (QED) is 0.818. The number of carbonyl (C=O) groups excluding carboxylic acids is 1. The van der Waals surface area contributed by atoms with Crippen LogP contribution in [0.15, 0.2) is 18.2 Å². The maximum atomic E-state index is 13.6. The van der Waals surface area contributed by atoms with Crippen molar-refractivity contribution in [3.8, 4) is 0 Å². The standard InChI is InChI=1S/C24H31N3O/c1-15-2-3-20-21(8-15)26-22(25-20)19-4-6-27(7-5-19)23(28)24-12-16-9-17(13-24)11-18(10-16)14-24/h2-3,8,16-19H,4-7,9-14H2,1H3,(H,25,26). The first kappa shape index (κ1) is 17.1. The number of piperidine rings is 1. The van der Waals surface area contributed by atoms with Crippen molar-refractivity contribution in [3.05, 3.63) is 29.6 Å². The van der Waals surface area contributed by atoms with Crippen LogP contribution >= 0.6 is 0 Å². The summed E-state index contributed by atoms with van der Waals surface area (Å²) in [5.41, 5.74) is 3.48. The Hall–Kier alpha value is -1.84. The zero-order chi connectivity index (χ0) is 18.9. The Morgan fingerprint density at radius 3 is 2.36 bits per heavy atom. The molecule has 1 aromatic carbocycles. The number of carbonyl (C=O) groups is 1. The van der Waals surface area contributed by atoms with E-state index in [1.807, 2.05) is 0 Å². The number of benzene rings is 1. The van der Waals surface area contributed by atoms with Gasteiger partial charge in [0.2, 0.25) is 5.91 Å². The van der Waals surface area contributed by atoms with Crippen molar-refractivity contribution in [2.75, 3.05) is 13.1 Å². The number of likely N-dealkylation sites (tertiary alicyclic amines) is 1. The van der Waals surface area contributed by atoms with Crippen molar-refractivity contribution >= 4 is 16.9 Å². The number of hydrogen-bond acceptors (Lipinski definition) is 2. The topological polar surface area (TPSA) is 49.0 Å². The lowest BCUT2D eigenvalue weighted by atomic mass is 9.49. The summed E-state index contributed by atoms with van der Waals surface area (Å²) in [6.45, 7) is 3.93. The van der Waals surface area contributed by atoms with Crippen LogP contribution in [0.3, 0.4) is 0 Å². The minimum absolute atomic E-state index is 0.0124. The van der Waals surface area contributed by atoms with Gasteiger partial charge in [-0.1, -0.05) is 6.07 Å². The van der Waals surface area contributed by atoms with E-state index < -0.39 is 0 Å². The minimum atomic E-state index is 0.0124. The van der Waals surface area contributed by atoms with E-state index in [2.05, 4.69) is 35.0 Å². The second-order valence-corrected chi connectivity index (χ2v) is 10.4. The van der Waals surface area contributed by atoms with Gasteiger partial charge in [0.25, 0.3) is 0 Å². The van der Waals surface area contributed by atoms with Gasteiger partial charge in [0.05, 0.1) is 16.4 Å². The third-order valence-electron chi connectivity index (χ3n) is 8.32. The Morgan fingerprint density at radius 1 is 1.07 bits per heavy atom. The number of H-pyrrole nitrogens is 1. The molecular formula is C24H31N3O. The highest BCUT2D eigenvalue weighted by Crippen LogP contribution is 2.60. The lowest BCUT2D eigenvalue weighted by molar-refractivity contribution is -0.158. The predicted octanol–water partition coefficient (Wildman–Crippen LogP) is 4.79.